The van der Waals surface area contributed by atoms with Crippen molar-refractivity contribution in [3.05, 3.63) is 0 Å². The quantitative estimate of drug-likeness (QED) is 0.703. The molecule has 2 saturated heterocycles. The van der Waals surface area contributed by atoms with Gasteiger partial charge < -0.3 is 14.8 Å². The second-order valence-corrected chi connectivity index (χ2v) is 3.86. The molecule has 0 aromatic rings. The predicted octanol–water partition coefficient (Wildman–Crippen LogP) is 1.28. The van der Waals surface area contributed by atoms with E-state index >= 15 is 0 Å². The van der Waals surface area contributed by atoms with Gasteiger partial charge in [-0.05, 0) is 19.4 Å². The van der Waals surface area contributed by atoms with Gasteiger partial charge in [-0.1, -0.05) is 13.3 Å². The van der Waals surface area contributed by atoms with E-state index in [4.69, 9.17) is 9.47 Å². The Labute approximate surface area is 79.8 Å². The lowest BCUT2D eigenvalue weighted by molar-refractivity contribution is -0.184. The van der Waals surface area contributed by atoms with Crippen LogP contribution >= 0.6 is 0 Å². The monoisotopic (exact) mass is 185 g/mol. The van der Waals surface area contributed by atoms with Gasteiger partial charge in [-0.2, -0.15) is 0 Å². The van der Waals surface area contributed by atoms with Gasteiger partial charge in [-0.15, -0.1) is 0 Å². The summed E-state index contributed by atoms with van der Waals surface area (Å²) >= 11 is 0. The SMILES string of the molecule is CCC1(C2CCCCN2)OCCO1. The van der Waals surface area contributed by atoms with Crippen LogP contribution in [0, 0.1) is 0 Å². The first-order valence-electron chi connectivity index (χ1n) is 5.39. The molecule has 1 unspecified atom stereocenters. The van der Waals surface area contributed by atoms with Crippen LogP contribution in [0.3, 0.4) is 0 Å². The summed E-state index contributed by atoms with van der Waals surface area (Å²) in [5.41, 5.74) is 0. The molecular formula is C10H19NO2. The van der Waals surface area contributed by atoms with Crippen LogP contribution in [-0.2, 0) is 9.47 Å². The summed E-state index contributed by atoms with van der Waals surface area (Å²) in [6.07, 6.45) is 4.72. The number of piperidine rings is 1. The van der Waals surface area contributed by atoms with Crippen LogP contribution < -0.4 is 5.32 Å². The van der Waals surface area contributed by atoms with Gasteiger partial charge in [0.1, 0.15) is 0 Å². The zero-order valence-electron chi connectivity index (χ0n) is 8.34. The third-order valence-corrected chi connectivity index (χ3v) is 3.11. The molecule has 1 atom stereocenters. The van der Waals surface area contributed by atoms with Crippen molar-refractivity contribution in [3.63, 3.8) is 0 Å². The minimum Gasteiger partial charge on any atom is -0.346 e. The van der Waals surface area contributed by atoms with Gasteiger partial charge in [0.25, 0.3) is 0 Å². The van der Waals surface area contributed by atoms with Crippen molar-refractivity contribution in [3.8, 4) is 0 Å². The molecule has 2 aliphatic rings. The second kappa shape index (κ2) is 3.95. The Bertz CT molecular complexity index is 160. The Balaban J connectivity index is 2.01. The maximum atomic E-state index is 5.74. The molecular weight excluding hydrogens is 166 g/mol. The Kier molecular flexibility index (Phi) is 2.86. The summed E-state index contributed by atoms with van der Waals surface area (Å²) in [5.74, 6) is -0.305. The zero-order chi connectivity index (χ0) is 9.15. The van der Waals surface area contributed by atoms with E-state index in [9.17, 15) is 0 Å². The van der Waals surface area contributed by atoms with E-state index in [0.29, 0.717) is 6.04 Å². The van der Waals surface area contributed by atoms with Crippen molar-refractivity contribution in [2.45, 2.75) is 44.4 Å². The first-order valence-corrected chi connectivity index (χ1v) is 5.39. The first-order chi connectivity index (χ1) is 6.37. The van der Waals surface area contributed by atoms with Crippen LogP contribution in [-0.4, -0.2) is 31.6 Å². The van der Waals surface area contributed by atoms with Crippen LogP contribution in [0.2, 0.25) is 0 Å². The van der Waals surface area contributed by atoms with Crippen LogP contribution in [0.4, 0.5) is 0 Å². The largest absolute Gasteiger partial charge is 0.346 e. The molecule has 3 nitrogen and oxygen atoms in total. The first kappa shape index (κ1) is 9.44. The topological polar surface area (TPSA) is 30.5 Å². The Hall–Kier alpha value is -0.120. The molecule has 0 saturated carbocycles. The summed E-state index contributed by atoms with van der Waals surface area (Å²) in [4.78, 5) is 0. The minimum absolute atomic E-state index is 0.305. The fourth-order valence-electron chi connectivity index (χ4n) is 2.35. The number of hydrogen-bond donors (Lipinski definition) is 1. The Morgan fingerprint density at radius 2 is 2.08 bits per heavy atom. The van der Waals surface area contributed by atoms with Crippen LogP contribution in [0.5, 0.6) is 0 Å². The average molecular weight is 185 g/mol. The predicted molar refractivity (Wildman–Crippen MR) is 50.6 cm³/mol. The lowest BCUT2D eigenvalue weighted by atomic mass is 9.95. The van der Waals surface area contributed by atoms with Crippen LogP contribution in [0.25, 0.3) is 0 Å². The molecule has 0 bridgehead atoms. The molecule has 2 fully saturated rings. The molecule has 13 heavy (non-hydrogen) atoms. The van der Waals surface area contributed by atoms with E-state index in [2.05, 4.69) is 12.2 Å². The van der Waals surface area contributed by atoms with E-state index in [1.165, 1.54) is 19.3 Å². The highest BCUT2D eigenvalue weighted by Gasteiger charge is 2.42. The summed E-state index contributed by atoms with van der Waals surface area (Å²) in [6, 6.07) is 0.411. The maximum absolute atomic E-state index is 5.74. The molecule has 2 heterocycles. The standard InChI is InChI=1S/C10H19NO2/c1-2-10(12-7-8-13-10)9-5-3-4-6-11-9/h9,11H,2-8H2,1H3. The van der Waals surface area contributed by atoms with Crippen molar-refractivity contribution in [2.24, 2.45) is 0 Å². The minimum atomic E-state index is -0.305. The van der Waals surface area contributed by atoms with E-state index in [1.54, 1.807) is 0 Å². The Morgan fingerprint density at radius 1 is 1.31 bits per heavy atom. The molecule has 0 radical (unpaired) electrons. The lowest BCUT2D eigenvalue weighted by Gasteiger charge is -2.37. The summed E-state index contributed by atoms with van der Waals surface area (Å²) < 4.78 is 11.5. The normalized spacial score (nSPS) is 33.5. The molecule has 76 valence electrons. The van der Waals surface area contributed by atoms with Gasteiger partial charge in [0.15, 0.2) is 5.79 Å². The lowest BCUT2D eigenvalue weighted by Crippen LogP contribution is -2.53. The highest BCUT2D eigenvalue weighted by atomic mass is 16.7. The van der Waals surface area contributed by atoms with Gasteiger partial charge in [-0.3, -0.25) is 0 Å². The second-order valence-electron chi connectivity index (χ2n) is 3.86. The molecule has 0 amide bonds. The van der Waals surface area contributed by atoms with Crippen LogP contribution in [0.1, 0.15) is 32.6 Å². The van der Waals surface area contributed by atoms with E-state index < -0.39 is 0 Å². The molecule has 2 aliphatic heterocycles. The Morgan fingerprint density at radius 3 is 2.62 bits per heavy atom. The fraction of sp³-hybridized carbons (Fsp3) is 1.00. The fourth-order valence-corrected chi connectivity index (χ4v) is 2.35. The number of hydrogen-bond acceptors (Lipinski definition) is 3. The van der Waals surface area contributed by atoms with Crippen LogP contribution in [0.15, 0.2) is 0 Å². The number of rotatable bonds is 2. The van der Waals surface area contributed by atoms with Gasteiger partial charge in [0, 0.05) is 6.42 Å². The van der Waals surface area contributed by atoms with Crippen molar-refractivity contribution in [1.29, 1.82) is 0 Å². The molecule has 0 aromatic carbocycles. The van der Waals surface area contributed by atoms with Crippen molar-refractivity contribution in [2.75, 3.05) is 19.8 Å². The molecule has 0 aromatic heterocycles. The molecule has 2 rings (SSSR count). The maximum Gasteiger partial charge on any atom is 0.183 e. The van der Waals surface area contributed by atoms with Gasteiger partial charge in [0.2, 0.25) is 0 Å². The van der Waals surface area contributed by atoms with Gasteiger partial charge in [-0.25, -0.2) is 0 Å². The molecule has 0 aliphatic carbocycles. The highest BCUT2D eigenvalue weighted by Crippen LogP contribution is 2.31. The summed E-state index contributed by atoms with van der Waals surface area (Å²) in [7, 11) is 0. The van der Waals surface area contributed by atoms with Crippen molar-refractivity contribution in [1.82, 2.24) is 5.32 Å². The van der Waals surface area contributed by atoms with Gasteiger partial charge in [0.05, 0.1) is 19.3 Å². The summed E-state index contributed by atoms with van der Waals surface area (Å²) in [6.45, 7) is 4.76. The molecule has 3 heteroatoms. The third-order valence-electron chi connectivity index (χ3n) is 3.11. The van der Waals surface area contributed by atoms with E-state index in [0.717, 1.165) is 26.2 Å². The third kappa shape index (κ3) is 1.73. The van der Waals surface area contributed by atoms with Crippen molar-refractivity contribution >= 4 is 0 Å². The van der Waals surface area contributed by atoms with E-state index in [-0.39, 0.29) is 5.79 Å². The smallest absolute Gasteiger partial charge is 0.183 e. The summed E-state index contributed by atoms with van der Waals surface area (Å²) in [5, 5.41) is 3.50. The molecule has 1 N–H and O–H groups in total. The number of ether oxygens (including phenoxy) is 2. The zero-order valence-corrected chi connectivity index (χ0v) is 8.34. The van der Waals surface area contributed by atoms with Crippen molar-refractivity contribution < 1.29 is 9.47 Å². The number of nitrogens with one attached hydrogen (secondary N) is 1. The van der Waals surface area contributed by atoms with Gasteiger partial charge >= 0.3 is 0 Å². The highest BCUT2D eigenvalue weighted by molar-refractivity contribution is 4.89. The van der Waals surface area contributed by atoms with E-state index in [1.807, 2.05) is 0 Å². The molecule has 0 spiro atoms. The average Bonchev–Trinajstić information content (AvgIpc) is 2.69.